The molecule has 1 unspecified atom stereocenters. The van der Waals surface area contributed by atoms with Crippen molar-refractivity contribution in [2.45, 2.75) is 75.9 Å². The Labute approximate surface area is 107 Å². The van der Waals surface area contributed by atoms with Crippen molar-refractivity contribution in [3.05, 3.63) is 0 Å². The predicted octanol–water partition coefficient (Wildman–Crippen LogP) is 3.50. The van der Waals surface area contributed by atoms with Crippen LogP contribution in [0.5, 0.6) is 0 Å². The maximum Gasteiger partial charge on any atom is 0.0693 e. The third-order valence-corrected chi connectivity index (χ3v) is 5.07. The molecule has 0 aliphatic heterocycles. The van der Waals surface area contributed by atoms with Crippen molar-refractivity contribution >= 4 is 0 Å². The maximum absolute atomic E-state index is 5.76. The van der Waals surface area contributed by atoms with E-state index in [0.29, 0.717) is 6.04 Å². The molecule has 0 aromatic carbocycles. The summed E-state index contributed by atoms with van der Waals surface area (Å²) in [6, 6.07) is 0.665. The zero-order valence-electron chi connectivity index (χ0n) is 11.6. The lowest BCUT2D eigenvalue weighted by Gasteiger charge is -2.43. The first-order valence-corrected chi connectivity index (χ1v) is 7.50. The van der Waals surface area contributed by atoms with Gasteiger partial charge in [-0.05, 0) is 45.1 Å². The van der Waals surface area contributed by atoms with Crippen LogP contribution in [0.15, 0.2) is 0 Å². The molecule has 2 nitrogen and oxygen atoms in total. The molecule has 0 amide bonds. The van der Waals surface area contributed by atoms with Gasteiger partial charge < -0.3 is 10.1 Å². The SMILES string of the molecule is CNC(CC1CCCCC1)CC1(OC)CCC1. The van der Waals surface area contributed by atoms with Gasteiger partial charge in [0.1, 0.15) is 0 Å². The summed E-state index contributed by atoms with van der Waals surface area (Å²) < 4.78 is 5.76. The van der Waals surface area contributed by atoms with Gasteiger partial charge in [-0.2, -0.15) is 0 Å². The molecule has 1 atom stereocenters. The number of nitrogens with one attached hydrogen (secondary N) is 1. The van der Waals surface area contributed by atoms with Crippen LogP contribution in [0.4, 0.5) is 0 Å². The largest absolute Gasteiger partial charge is 0.378 e. The fraction of sp³-hybridized carbons (Fsp3) is 1.00. The second-order valence-corrected chi connectivity index (χ2v) is 6.17. The molecule has 17 heavy (non-hydrogen) atoms. The number of rotatable bonds is 6. The van der Waals surface area contributed by atoms with E-state index in [1.807, 2.05) is 7.11 Å². The lowest BCUT2D eigenvalue weighted by molar-refractivity contribution is -0.0844. The molecule has 2 aliphatic carbocycles. The Morgan fingerprint density at radius 2 is 1.88 bits per heavy atom. The highest BCUT2D eigenvalue weighted by Crippen LogP contribution is 2.40. The molecule has 0 saturated heterocycles. The number of hydrogen-bond donors (Lipinski definition) is 1. The lowest BCUT2D eigenvalue weighted by Crippen LogP contribution is -2.45. The molecule has 100 valence electrons. The molecule has 2 saturated carbocycles. The van der Waals surface area contributed by atoms with E-state index in [0.717, 1.165) is 5.92 Å². The average Bonchev–Trinajstić information content (AvgIpc) is 2.33. The molecular weight excluding hydrogens is 210 g/mol. The molecule has 2 rings (SSSR count). The van der Waals surface area contributed by atoms with E-state index < -0.39 is 0 Å². The van der Waals surface area contributed by atoms with Crippen molar-refractivity contribution in [2.75, 3.05) is 14.2 Å². The number of methoxy groups -OCH3 is 1. The molecule has 1 N–H and O–H groups in total. The molecule has 0 bridgehead atoms. The summed E-state index contributed by atoms with van der Waals surface area (Å²) in [5.41, 5.74) is 0.225. The van der Waals surface area contributed by atoms with Crippen LogP contribution in [0, 0.1) is 5.92 Å². The summed E-state index contributed by atoms with van der Waals surface area (Å²) in [6.45, 7) is 0. The minimum absolute atomic E-state index is 0.225. The highest BCUT2D eigenvalue weighted by atomic mass is 16.5. The minimum atomic E-state index is 0.225. The predicted molar refractivity (Wildman–Crippen MR) is 72.2 cm³/mol. The Morgan fingerprint density at radius 1 is 1.18 bits per heavy atom. The van der Waals surface area contributed by atoms with Gasteiger partial charge in [-0.15, -0.1) is 0 Å². The van der Waals surface area contributed by atoms with E-state index in [1.165, 1.54) is 64.2 Å². The van der Waals surface area contributed by atoms with E-state index in [-0.39, 0.29) is 5.60 Å². The van der Waals surface area contributed by atoms with Crippen molar-refractivity contribution in [3.8, 4) is 0 Å². The monoisotopic (exact) mass is 239 g/mol. The normalized spacial score (nSPS) is 26.5. The smallest absolute Gasteiger partial charge is 0.0693 e. The van der Waals surface area contributed by atoms with E-state index in [4.69, 9.17) is 4.74 Å². The Hall–Kier alpha value is -0.0800. The van der Waals surface area contributed by atoms with Crippen LogP contribution in [0.1, 0.15) is 64.2 Å². The highest BCUT2D eigenvalue weighted by molar-refractivity contribution is 4.93. The molecule has 0 spiro atoms. The highest BCUT2D eigenvalue weighted by Gasteiger charge is 2.39. The first kappa shape index (κ1) is 13.4. The van der Waals surface area contributed by atoms with Crippen LogP contribution in [-0.4, -0.2) is 25.8 Å². The van der Waals surface area contributed by atoms with Crippen molar-refractivity contribution < 1.29 is 4.74 Å². The molecule has 2 heteroatoms. The van der Waals surface area contributed by atoms with Gasteiger partial charge in [0.05, 0.1) is 5.60 Å². The second-order valence-electron chi connectivity index (χ2n) is 6.17. The fourth-order valence-electron chi connectivity index (χ4n) is 3.64. The van der Waals surface area contributed by atoms with Gasteiger partial charge in [0.15, 0.2) is 0 Å². The van der Waals surface area contributed by atoms with Crippen LogP contribution in [-0.2, 0) is 4.74 Å². The maximum atomic E-state index is 5.76. The van der Waals surface area contributed by atoms with Crippen molar-refractivity contribution in [3.63, 3.8) is 0 Å². The molecule has 0 radical (unpaired) electrons. The Morgan fingerprint density at radius 3 is 2.35 bits per heavy atom. The molecule has 2 aliphatic rings. The van der Waals surface area contributed by atoms with Crippen LogP contribution in [0.25, 0.3) is 0 Å². The summed E-state index contributed by atoms with van der Waals surface area (Å²) in [5.74, 6) is 0.968. The standard InChI is InChI=1S/C15H29NO/c1-16-14(11-13-7-4-3-5-8-13)12-15(17-2)9-6-10-15/h13-14,16H,3-12H2,1-2H3. The molecule has 0 aromatic heterocycles. The zero-order valence-corrected chi connectivity index (χ0v) is 11.6. The summed E-state index contributed by atoms with van der Waals surface area (Å²) in [4.78, 5) is 0. The van der Waals surface area contributed by atoms with E-state index >= 15 is 0 Å². The Balaban J connectivity index is 1.79. The van der Waals surface area contributed by atoms with Gasteiger partial charge >= 0.3 is 0 Å². The topological polar surface area (TPSA) is 21.3 Å². The van der Waals surface area contributed by atoms with Gasteiger partial charge in [0, 0.05) is 13.2 Å². The Bertz CT molecular complexity index is 213. The average molecular weight is 239 g/mol. The summed E-state index contributed by atoms with van der Waals surface area (Å²) in [6.07, 6.45) is 13.8. The van der Waals surface area contributed by atoms with Crippen molar-refractivity contribution in [2.24, 2.45) is 5.92 Å². The number of ether oxygens (including phenoxy) is 1. The molecule has 2 fully saturated rings. The van der Waals surface area contributed by atoms with Crippen molar-refractivity contribution in [1.82, 2.24) is 5.32 Å². The van der Waals surface area contributed by atoms with Gasteiger partial charge in [-0.25, -0.2) is 0 Å². The van der Waals surface area contributed by atoms with Crippen LogP contribution in [0.2, 0.25) is 0 Å². The van der Waals surface area contributed by atoms with Crippen molar-refractivity contribution in [1.29, 1.82) is 0 Å². The molecule has 0 aromatic rings. The first-order chi connectivity index (χ1) is 8.28. The summed E-state index contributed by atoms with van der Waals surface area (Å²) in [5, 5.41) is 3.53. The molecule has 0 heterocycles. The van der Waals surface area contributed by atoms with Gasteiger partial charge in [0.25, 0.3) is 0 Å². The zero-order chi connectivity index (χ0) is 12.1. The van der Waals surface area contributed by atoms with Gasteiger partial charge in [0.2, 0.25) is 0 Å². The summed E-state index contributed by atoms with van der Waals surface area (Å²) in [7, 11) is 4.02. The lowest BCUT2D eigenvalue weighted by atomic mass is 9.73. The quantitative estimate of drug-likeness (QED) is 0.766. The van der Waals surface area contributed by atoms with Crippen LogP contribution in [0.3, 0.4) is 0 Å². The van der Waals surface area contributed by atoms with Gasteiger partial charge in [-0.1, -0.05) is 32.1 Å². The fourth-order valence-corrected chi connectivity index (χ4v) is 3.64. The second kappa shape index (κ2) is 6.19. The van der Waals surface area contributed by atoms with E-state index in [1.54, 1.807) is 0 Å². The first-order valence-electron chi connectivity index (χ1n) is 7.50. The molecular formula is C15H29NO. The van der Waals surface area contributed by atoms with Crippen LogP contribution >= 0.6 is 0 Å². The van der Waals surface area contributed by atoms with E-state index in [9.17, 15) is 0 Å². The number of hydrogen-bond acceptors (Lipinski definition) is 2. The minimum Gasteiger partial charge on any atom is -0.378 e. The van der Waals surface area contributed by atoms with Gasteiger partial charge in [-0.3, -0.25) is 0 Å². The Kier molecular flexibility index (Phi) is 4.87. The van der Waals surface area contributed by atoms with E-state index in [2.05, 4.69) is 12.4 Å². The summed E-state index contributed by atoms with van der Waals surface area (Å²) >= 11 is 0. The third-order valence-electron chi connectivity index (χ3n) is 5.07. The third kappa shape index (κ3) is 3.45. The van der Waals surface area contributed by atoms with Crippen LogP contribution < -0.4 is 5.32 Å².